The zero-order valence-electron chi connectivity index (χ0n) is 10.1. The van der Waals surface area contributed by atoms with Gasteiger partial charge >= 0.3 is 0 Å². The van der Waals surface area contributed by atoms with Gasteiger partial charge in [-0.1, -0.05) is 33.0 Å². The van der Waals surface area contributed by atoms with E-state index in [-0.39, 0.29) is 0 Å². The normalized spacial score (nSPS) is 24.6. The zero-order valence-corrected chi connectivity index (χ0v) is 10.9. The van der Waals surface area contributed by atoms with Crippen LogP contribution >= 0.6 is 12.2 Å². The molecule has 0 saturated carbocycles. The highest BCUT2D eigenvalue weighted by Crippen LogP contribution is 2.35. The van der Waals surface area contributed by atoms with Gasteiger partial charge in [-0.25, -0.2) is 0 Å². The highest BCUT2D eigenvalue weighted by molar-refractivity contribution is 7.80. The summed E-state index contributed by atoms with van der Waals surface area (Å²) in [4.78, 5) is 3.54. The molecule has 1 fully saturated rings. The van der Waals surface area contributed by atoms with Gasteiger partial charge in [-0.3, -0.25) is 0 Å². The highest BCUT2D eigenvalue weighted by Gasteiger charge is 2.31. The third kappa shape index (κ3) is 2.69. The fourth-order valence-electron chi connectivity index (χ4n) is 2.14. The van der Waals surface area contributed by atoms with Gasteiger partial charge in [0.15, 0.2) is 0 Å². The number of nitrogens with zero attached hydrogens (tertiary/aromatic N) is 1. The zero-order chi connectivity index (χ0) is 10.9. The molecule has 0 radical (unpaired) electrons. The molecule has 1 atom stereocenters. The summed E-state index contributed by atoms with van der Waals surface area (Å²) in [6.07, 6.45) is 2.40. The Hall–Kier alpha value is -0.110. The monoisotopic (exact) mass is 213 g/mol. The Kier molecular flexibility index (Phi) is 3.57. The fourth-order valence-corrected chi connectivity index (χ4v) is 2.64. The topological polar surface area (TPSA) is 3.24 Å². The van der Waals surface area contributed by atoms with Crippen molar-refractivity contribution in [3.05, 3.63) is 0 Å². The summed E-state index contributed by atoms with van der Waals surface area (Å²) in [5.41, 5.74) is 0.410. The van der Waals surface area contributed by atoms with E-state index < -0.39 is 0 Å². The molecule has 0 aliphatic carbocycles. The van der Waals surface area contributed by atoms with Gasteiger partial charge < -0.3 is 4.90 Å². The average Bonchev–Trinajstić information content (AvgIpc) is 2.01. The standard InChI is InChI=1S/C12H23NS/c1-9(2)13-7-6-10(8-11(13)14)12(3,4)5/h9-10H,6-8H2,1-5H3. The summed E-state index contributed by atoms with van der Waals surface area (Å²) >= 11 is 5.48. The summed E-state index contributed by atoms with van der Waals surface area (Å²) in [7, 11) is 0. The van der Waals surface area contributed by atoms with Gasteiger partial charge in [-0.05, 0) is 31.6 Å². The van der Waals surface area contributed by atoms with Gasteiger partial charge in [-0.15, -0.1) is 0 Å². The minimum atomic E-state index is 0.410. The molecule has 0 spiro atoms. The summed E-state index contributed by atoms with van der Waals surface area (Å²) in [5.74, 6) is 0.769. The fraction of sp³-hybridized carbons (Fsp3) is 0.917. The quantitative estimate of drug-likeness (QED) is 0.614. The molecule has 1 unspecified atom stereocenters. The first-order valence-corrected chi connectivity index (χ1v) is 6.02. The second kappa shape index (κ2) is 4.18. The Morgan fingerprint density at radius 2 is 1.93 bits per heavy atom. The second-order valence-electron chi connectivity index (χ2n) is 5.74. The van der Waals surface area contributed by atoms with Crippen LogP contribution in [0.2, 0.25) is 0 Å². The predicted molar refractivity (Wildman–Crippen MR) is 66.6 cm³/mol. The van der Waals surface area contributed by atoms with E-state index in [0.717, 1.165) is 18.9 Å². The SMILES string of the molecule is CC(C)N1CCC(C(C)(C)C)CC1=S. The molecular weight excluding hydrogens is 190 g/mol. The Bertz CT molecular complexity index is 215. The van der Waals surface area contributed by atoms with Crippen LogP contribution in [0.5, 0.6) is 0 Å². The summed E-state index contributed by atoms with van der Waals surface area (Å²) in [5, 5.41) is 0. The van der Waals surface area contributed by atoms with Gasteiger partial charge in [0.05, 0.1) is 4.99 Å². The van der Waals surface area contributed by atoms with E-state index in [2.05, 4.69) is 39.5 Å². The third-order valence-corrected chi connectivity index (χ3v) is 3.71. The molecule has 1 heterocycles. The van der Waals surface area contributed by atoms with Crippen LogP contribution < -0.4 is 0 Å². The molecule has 1 aliphatic heterocycles. The molecule has 0 aromatic heterocycles. The minimum Gasteiger partial charge on any atom is -0.364 e. The first kappa shape index (κ1) is 12.0. The number of piperidine rings is 1. The molecule has 0 aromatic carbocycles. The van der Waals surface area contributed by atoms with Gasteiger partial charge in [0.2, 0.25) is 0 Å². The van der Waals surface area contributed by atoms with Crippen molar-refractivity contribution in [3.8, 4) is 0 Å². The van der Waals surface area contributed by atoms with E-state index in [1.807, 2.05) is 0 Å². The van der Waals surface area contributed by atoms with Crippen molar-refractivity contribution in [2.75, 3.05) is 6.54 Å². The molecular formula is C12H23NS. The van der Waals surface area contributed by atoms with Crippen molar-refractivity contribution in [1.82, 2.24) is 4.90 Å². The number of hydrogen-bond donors (Lipinski definition) is 0. The Labute approximate surface area is 93.9 Å². The van der Waals surface area contributed by atoms with E-state index >= 15 is 0 Å². The maximum absolute atomic E-state index is 5.48. The second-order valence-corrected chi connectivity index (χ2v) is 6.21. The number of likely N-dealkylation sites (tertiary alicyclic amines) is 1. The van der Waals surface area contributed by atoms with Gasteiger partial charge in [0.1, 0.15) is 0 Å². The molecule has 2 heteroatoms. The van der Waals surface area contributed by atoms with Crippen LogP contribution in [0.1, 0.15) is 47.5 Å². The van der Waals surface area contributed by atoms with E-state index in [0.29, 0.717) is 11.5 Å². The number of rotatable bonds is 1. The van der Waals surface area contributed by atoms with E-state index in [9.17, 15) is 0 Å². The maximum atomic E-state index is 5.48. The van der Waals surface area contributed by atoms with Crippen molar-refractivity contribution in [1.29, 1.82) is 0 Å². The molecule has 1 rings (SSSR count). The van der Waals surface area contributed by atoms with E-state index in [4.69, 9.17) is 12.2 Å². The molecule has 0 amide bonds. The van der Waals surface area contributed by atoms with Crippen molar-refractivity contribution in [2.24, 2.45) is 11.3 Å². The van der Waals surface area contributed by atoms with Crippen LogP contribution in [-0.2, 0) is 0 Å². The molecule has 1 aliphatic rings. The lowest BCUT2D eigenvalue weighted by Gasteiger charge is -2.41. The molecule has 1 saturated heterocycles. The van der Waals surface area contributed by atoms with Crippen LogP contribution in [0.3, 0.4) is 0 Å². The Balaban J connectivity index is 2.60. The van der Waals surface area contributed by atoms with Crippen LogP contribution in [0.15, 0.2) is 0 Å². The van der Waals surface area contributed by atoms with E-state index in [1.165, 1.54) is 11.4 Å². The van der Waals surface area contributed by atoms with Crippen LogP contribution in [0.25, 0.3) is 0 Å². The molecule has 1 nitrogen and oxygen atoms in total. The summed E-state index contributed by atoms with van der Waals surface area (Å²) in [6, 6.07) is 0.573. The lowest BCUT2D eigenvalue weighted by atomic mass is 9.75. The molecule has 82 valence electrons. The first-order chi connectivity index (χ1) is 6.32. The van der Waals surface area contributed by atoms with Crippen molar-refractivity contribution in [2.45, 2.75) is 53.5 Å². The largest absolute Gasteiger partial charge is 0.364 e. The molecule has 14 heavy (non-hydrogen) atoms. The lowest BCUT2D eigenvalue weighted by Crippen LogP contribution is -2.44. The Morgan fingerprint density at radius 3 is 2.29 bits per heavy atom. The molecule has 0 aromatic rings. The van der Waals surface area contributed by atoms with Crippen molar-refractivity contribution < 1.29 is 0 Å². The minimum absolute atomic E-state index is 0.410. The van der Waals surface area contributed by atoms with Gasteiger partial charge in [0.25, 0.3) is 0 Å². The highest BCUT2D eigenvalue weighted by atomic mass is 32.1. The number of hydrogen-bond acceptors (Lipinski definition) is 1. The number of thiocarbonyl (C=S) groups is 1. The van der Waals surface area contributed by atoms with Gasteiger partial charge in [-0.2, -0.15) is 0 Å². The molecule has 0 bridgehead atoms. The van der Waals surface area contributed by atoms with Crippen LogP contribution in [0, 0.1) is 11.3 Å². The third-order valence-electron chi connectivity index (χ3n) is 3.31. The summed E-state index contributed by atoms with van der Waals surface area (Å²) < 4.78 is 0. The van der Waals surface area contributed by atoms with Crippen molar-refractivity contribution in [3.63, 3.8) is 0 Å². The average molecular weight is 213 g/mol. The smallest absolute Gasteiger partial charge is 0.0784 e. The van der Waals surface area contributed by atoms with Crippen LogP contribution in [0.4, 0.5) is 0 Å². The lowest BCUT2D eigenvalue weighted by molar-refractivity contribution is 0.177. The van der Waals surface area contributed by atoms with Crippen molar-refractivity contribution >= 4 is 17.2 Å². The first-order valence-electron chi connectivity index (χ1n) is 5.62. The van der Waals surface area contributed by atoms with Crippen LogP contribution in [-0.4, -0.2) is 22.5 Å². The predicted octanol–water partition coefficient (Wildman–Crippen LogP) is 3.48. The summed E-state index contributed by atoms with van der Waals surface area (Å²) in [6.45, 7) is 12.6. The van der Waals surface area contributed by atoms with E-state index in [1.54, 1.807) is 0 Å². The van der Waals surface area contributed by atoms with Gasteiger partial charge in [0, 0.05) is 19.0 Å². The molecule has 0 N–H and O–H groups in total. The Morgan fingerprint density at radius 1 is 1.36 bits per heavy atom. The maximum Gasteiger partial charge on any atom is 0.0784 e.